The average molecular weight is 279 g/mol. The quantitative estimate of drug-likeness (QED) is 0.873. The molecule has 0 fully saturated rings. The number of carbonyl (C=O) groups is 2. The number of carboxylic acids is 1. The molecule has 2 N–H and O–H groups in total. The van der Waals surface area contributed by atoms with Crippen molar-refractivity contribution in [1.82, 2.24) is 0 Å². The van der Waals surface area contributed by atoms with Crippen molar-refractivity contribution >= 4 is 29.3 Å². The van der Waals surface area contributed by atoms with Crippen molar-refractivity contribution in [3.63, 3.8) is 0 Å². The highest BCUT2D eigenvalue weighted by Gasteiger charge is 2.29. The molecule has 102 valence electrons. The molecule has 1 aromatic carbocycles. The molecule has 19 heavy (non-hydrogen) atoms. The molecule has 0 aromatic heterocycles. The second-order valence-corrected chi connectivity index (χ2v) is 6.90. The molecule has 1 unspecified atom stereocenters. The Kier molecular flexibility index (Phi) is 3.58. The minimum absolute atomic E-state index is 0.0271. The van der Waals surface area contributed by atoms with Gasteiger partial charge in [0.05, 0.1) is 17.4 Å². The third kappa shape index (κ3) is 3.10. The van der Waals surface area contributed by atoms with Gasteiger partial charge in [-0.25, -0.2) is 0 Å². The van der Waals surface area contributed by atoms with Gasteiger partial charge in [0.15, 0.2) is 0 Å². The summed E-state index contributed by atoms with van der Waals surface area (Å²) in [4.78, 5) is 23.5. The van der Waals surface area contributed by atoms with Gasteiger partial charge in [-0.2, -0.15) is 0 Å². The summed E-state index contributed by atoms with van der Waals surface area (Å²) in [6, 6.07) is 5.92. The lowest BCUT2D eigenvalue weighted by atomic mass is 9.87. The molecule has 4 nitrogen and oxygen atoms in total. The Morgan fingerprint density at radius 2 is 2.11 bits per heavy atom. The van der Waals surface area contributed by atoms with Gasteiger partial charge < -0.3 is 10.4 Å². The summed E-state index contributed by atoms with van der Waals surface area (Å²) in [5, 5.41) is 11.0. The number of aliphatic carboxylic acids is 1. The van der Waals surface area contributed by atoms with Crippen molar-refractivity contribution in [2.75, 3.05) is 5.32 Å². The van der Waals surface area contributed by atoms with Crippen LogP contribution in [0.15, 0.2) is 23.1 Å². The smallest absolute Gasteiger partial charge is 0.305 e. The molecule has 0 saturated carbocycles. The maximum absolute atomic E-state index is 11.8. The van der Waals surface area contributed by atoms with E-state index in [1.54, 1.807) is 0 Å². The molecule has 1 aliphatic rings. The topological polar surface area (TPSA) is 66.4 Å². The molecule has 0 radical (unpaired) electrons. The first-order valence-electron chi connectivity index (χ1n) is 6.11. The molecule has 1 aromatic rings. The molecule has 1 atom stereocenters. The number of hydrogen-bond acceptors (Lipinski definition) is 3. The highest BCUT2D eigenvalue weighted by Crippen LogP contribution is 2.39. The van der Waals surface area contributed by atoms with Crippen molar-refractivity contribution in [3.8, 4) is 0 Å². The first-order valence-corrected chi connectivity index (χ1v) is 6.99. The molecule has 0 aliphatic carbocycles. The Bertz CT molecular complexity index is 534. The second kappa shape index (κ2) is 4.89. The molecule has 0 spiro atoms. The molecular weight excluding hydrogens is 262 g/mol. The lowest BCUT2D eigenvalue weighted by molar-refractivity contribution is -0.138. The van der Waals surface area contributed by atoms with Crippen LogP contribution in [0.25, 0.3) is 0 Å². The Balaban J connectivity index is 2.31. The number of rotatable bonds is 2. The minimum Gasteiger partial charge on any atom is -0.481 e. The van der Waals surface area contributed by atoms with Crippen LogP contribution in [0.2, 0.25) is 0 Å². The largest absolute Gasteiger partial charge is 0.481 e. The number of fused-ring (bicyclic) bond motifs is 1. The van der Waals surface area contributed by atoms with Crippen molar-refractivity contribution < 1.29 is 14.7 Å². The van der Waals surface area contributed by atoms with Crippen LogP contribution in [0.5, 0.6) is 0 Å². The predicted molar refractivity (Wildman–Crippen MR) is 75.7 cm³/mol. The summed E-state index contributed by atoms with van der Waals surface area (Å²) in [6.07, 6.45) is -0.157. The maximum Gasteiger partial charge on any atom is 0.305 e. The third-order valence-corrected chi connectivity index (χ3v) is 4.28. The molecule has 1 aliphatic heterocycles. The van der Waals surface area contributed by atoms with Gasteiger partial charge in [0.2, 0.25) is 5.91 Å². The van der Waals surface area contributed by atoms with E-state index in [0.717, 1.165) is 10.6 Å². The van der Waals surface area contributed by atoms with Gasteiger partial charge in [0, 0.05) is 4.90 Å². The van der Waals surface area contributed by atoms with E-state index < -0.39 is 11.2 Å². The van der Waals surface area contributed by atoms with Gasteiger partial charge in [0.1, 0.15) is 0 Å². The number of carbonyl (C=O) groups excluding carboxylic acids is 1. The van der Waals surface area contributed by atoms with E-state index >= 15 is 0 Å². The summed E-state index contributed by atoms with van der Waals surface area (Å²) in [5.41, 5.74) is 1.97. The zero-order valence-corrected chi connectivity index (χ0v) is 12.0. The zero-order valence-electron chi connectivity index (χ0n) is 11.2. The Hall–Kier alpha value is -1.49. The van der Waals surface area contributed by atoms with Gasteiger partial charge in [-0.3, -0.25) is 9.59 Å². The van der Waals surface area contributed by atoms with E-state index in [9.17, 15) is 9.59 Å². The van der Waals surface area contributed by atoms with E-state index in [4.69, 9.17) is 5.11 Å². The van der Waals surface area contributed by atoms with E-state index in [-0.39, 0.29) is 17.7 Å². The van der Waals surface area contributed by atoms with Crippen LogP contribution in [-0.2, 0) is 15.0 Å². The van der Waals surface area contributed by atoms with Crippen LogP contribution in [0.1, 0.15) is 32.8 Å². The molecule has 0 bridgehead atoms. The van der Waals surface area contributed by atoms with Crippen LogP contribution in [0.4, 0.5) is 5.69 Å². The molecular formula is C14H17NO3S. The first kappa shape index (κ1) is 13.9. The van der Waals surface area contributed by atoms with E-state index in [1.807, 2.05) is 18.2 Å². The van der Waals surface area contributed by atoms with Crippen molar-refractivity contribution in [2.24, 2.45) is 0 Å². The summed E-state index contributed by atoms with van der Waals surface area (Å²) in [7, 11) is 0. The summed E-state index contributed by atoms with van der Waals surface area (Å²) in [5.74, 6) is -1.19. The number of nitrogens with one attached hydrogen (secondary N) is 1. The third-order valence-electron chi connectivity index (χ3n) is 3.03. The first-order chi connectivity index (χ1) is 8.77. The van der Waals surface area contributed by atoms with Crippen molar-refractivity contribution in [1.29, 1.82) is 0 Å². The van der Waals surface area contributed by atoms with Crippen molar-refractivity contribution in [3.05, 3.63) is 23.8 Å². The molecule has 2 rings (SSSR count). The van der Waals surface area contributed by atoms with Crippen LogP contribution < -0.4 is 5.32 Å². The second-order valence-electron chi connectivity index (χ2n) is 5.65. The fourth-order valence-corrected chi connectivity index (χ4v) is 3.04. The van der Waals surface area contributed by atoms with Crippen LogP contribution >= 0.6 is 11.8 Å². The maximum atomic E-state index is 11.8. The van der Waals surface area contributed by atoms with Crippen LogP contribution in [-0.4, -0.2) is 22.2 Å². The molecule has 1 heterocycles. The fourth-order valence-electron chi connectivity index (χ4n) is 1.90. The minimum atomic E-state index is -0.955. The zero-order chi connectivity index (χ0) is 14.2. The lowest BCUT2D eigenvalue weighted by Gasteiger charge is -2.26. The van der Waals surface area contributed by atoms with Gasteiger partial charge in [-0.15, -0.1) is 11.8 Å². The SMILES string of the molecule is CC(C)(C)c1ccc2c(c1)SC(CC(=O)O)C(=O)N2. The number of hydrogen-bond donors (Lipinski definition) is 2. The Labute approximate surface area is 116 Å². The highest BCUT2D eigenvalue weighted by molar-refractivity contribution is 8.01. The number of carboxylic acid groups (broad SMARTS) is 1. The Morgan fingerprint density at radius 3 is 2.68 bits per heavy atom. The summed E-state index contributed by atoms with van der Waals surface area (Å²) >= 11 is 1.33. The Morgan fingerprint density at radius 1 is 1.42 bits per heavy atom. The fraction of sp³-hybridized carbons (Fsp3) is 0.429. The number of benzene rings is 1. The van der Waals surface area contributed by atoms with E-state index in [2.05, 4.69) is 26.1 Å². The predicted octanol–water partition coefficient (Wildman–Crippen LogP) is 2.87. The molecule has 0 saturated heterocycles. The van der Waals surface area contributed by atoms with E-state index in [1.165, 1.54) is 17.3 Å². The lowest BCUT2D eigenvalue weighted by Crippen LogP contribution is -2.31. The van der Waals surface area contributed by atoms with Gasteiger partial charge >= 0.3 is 5.97 Å². The van der Waals surface area contributed by atoms with Crippen LogP contribution in [0, 0.1) is 0 Å². The number of anilines is 1. The van der Waals surface area contributed by atoms with E-state index in [0.29, 0.717) is 0 Å². The number of amides is 1. The molecule has 1 amide bonds. The standard InChI is InChI=1S/C14H17NO3S/c1-14(2,3)8-4-5-9-10(6-8)19-11(7-12(16)17)13(18)15-9/h4-6,11H,7H2,1-3H3,(H,15,18)(H,16,17). The monoisotopic (exact) mass is 279 g/mol. The van der Waals surface area contributed by atoms with Crippen molar-refractivity contribution in [2.45, 2.75) is 42.8 Å². The van der Waals surface area contributed by atoms with Gasteiger partial charge in [-0.05, 0) is 23.1 Å². The average Bonchev–Trinajstić information content (AvgIpc) is 2.27. The van der Waals surface area contributed by atoms with Gasteiger partial charge in [-0.1, -0.05) is 26.8 Å². The summed E-state index contributed by atoms with van der Waals surface area (Å²) < 4.78 is 0. The summed E-state index contributed by atoms with van der Waals surface area (Å²) in [6.45, 7) is 6.36. The molecule has 5 heteroatoms. The van der Waals surface area contributed by atoms with Gasteiger partial charge in [0.25, 0.3) is 0 Å². The van der Waals surface area contributed by atoms with Crippen LogP contribution in [0.3, 0.4) is 0 Å². The number of thioether (sulfide) groups is 1. The highest BCUT2D eigenvalue weighted by atomic mass is 32.2. The normalized spacial score (nSPS) is 18.7.